The van der Waals surface area contributed by atoms with Crippen LogP contribution < -0.4 is 10.1 Å². The highest BCUT2D eigenvalue weighted by Crippen LogP contribution is 2.29. The average molecular weight is 480 g/mol. The summed E-state index contributed by atoms with van der Waals surface area (Å²) in [7, 11) is 0. The minimum atomic E-state index is -1.20. The SMILES string of the molecule is Cc1ccc(CCC(=O)N/C(=C/c2ccc(Oc3ccccc3Br)cc2)C(=O)O)cc1. The first-order valence-corrected chi connectivity index (χ1v) is 10.5. The molecule has 0 atom stereocenters. The van der Waals surface area contributed by atoms with Crippen LogP contribution >= 0.6 is 15.9 Å². The van der Waals surface area contributed by atoms with Gasteiger partial charge in [-0.25, -0.2) is 4.79 Å². The van der Waals surface area contributed by atoms with Gasteiger partial charge >= 0.3 is 5.97 Å². The van der Waals surface area contributed by atoms with Crippen molar-refractivity contribution in [3.63, 3.8) is 0 Å². The molecule has 0 aliphatic heterocycles. The Kier molecular flexibility index (Phi) is 7.62. The number of aliphatic carboxylic acids is 1. The lowest BCUT2D eigenvalue weighted by Crippen LogP contribution is -2.27. The van der Waals surface area contributed by atoms with Gasteiger partial charge in [-0.15, -0.1) is 0 Å². The van der Waals surface area contributed by atoms with Gasteiger partial charge in [0.05, 0.1) is 4.47 Å². The lowest BCUT2D eigenvalue weighted by atomic mass is 10.1. The number of amides is 1. The summed E-state index contributed by atoms with van der Waals surface area (Å²) in [6.07, 6.45) is 2.17. The predicted octanol–water partition coefficient (Wildman–Crippen LogP) is 5.72. The fraction of sp³-hybridized carbons (Fsp3) is 0.120. The third-order valence-electron chi connectivity index (χ3n) is 4.52. The van der Waals surface area contributed by atoms with E-state index in [0.717, 1.165) is 15.6 Å². The molecule has 3 aromatic rings. The standard InChI is InChI=1S/C25H22BrNO4/c1-17-6-8-18(9-7-17)12-15-24(28)27-22(25(29)30)16-19-10-13-20(14-11-19)31-23-5-3-2-4-21(23)26/h2-11,13-14,16H,12,15H2,1H3,(H,27,28)(H,29,30)/b22-16+. The summed E-state index contributed by atoms with van der Waals surface area (Å²) in [6.45, 7) is 2.00. The van der Waals surface area contributed by atoms with Gasteiger partial charge in [0.2, 0.25) is 5.91 Å². The van der Waals surface area contributed by atoms with Gasteiger partial charge in [0.1, 0.15) is 17.2 Å². The highest BCUT2D eigenvalue weighted by molar-refractivity contribution is 9.10. The van der Waals surface area contributed by atoms with Gasteiger partial charge in [0.15, 0.2) is 0 Å². The van der Waals surface area contributed by atoms with Gasteiger partial charge in [0, 0.05) is 6.42 Å². The Hall–Kier alpha value is -3.38. The number of hydrogen-bond donors (Lipinski definition) is 2. The molecule has 6 heteroatoms. The Balaban J connectivity index is 1.63. The van der Waals surface area contributed by atoms with Crippen LogP contribution in [0.15, 0.2) is 83.0 Å². The minimum absolute atomic E-state index is 0.173. The quantitative estimate of drug-likeness (QED) is 0.404. The lowest BCUT2D eigenvalue weighted by molar-refractivity contribution is -0.134. The Bertz CT molecular complexity index is 1090. The maximum Gasteiger partial charge on any atom is 0.352 e. The molecule has 0 spiro atoms. The van der Waals surface area contributed by atoms with E-state index >= 15 is 0 Å². The fourth-order valence-electron chi connectivity index (χ4n) is 2.83. The molecule has 0 unspecified atom stereocenters. The molecule has 0 saturated heterocycles. The Morgan fingerprint density at radius 1 is 1.00 bits per heavy atom. The summed E-state index contributed by atoms with van der Waals surface area (Å²) < 4.78 is 6.64. The van der Waals surface area contributed by atoms with Crippen LogP contribution in [0.4, 0.5) is 0 Å². The van der Waals surface area contributed by atoms with E-state index in [2.05, 4.69) is 21.2 Å². The van der Waals surface area contributed by atoms with Gasteiger partial charge < -0.3 is 15.2 Å². The number of aryl methyl sites for hydroxylation is 2. The molecule has 5 nitrogen and oxygen atoms in total. The number of carboxylic acid groups (broad SMARTS) is 1. The summed E-state index contributed by atoms with van der Waals surface area (Å²) >= 11 is 3.43. The smallest absolute Gasteiger partial charge is 0.352 e. The summed E-state index contributed by atoms with van der Waals surface area (Å²) in [6, 6.07) is 22.3. The first kappa shape index (κ1) is 22.3. The maximum atomic E-state index is 12.2. The number of rotatable bonds is 8. The van der Waals surface area contributed by atoms with Crippen LogP contribution in [0.1, 0.15) is 23.1 Å². The Labute approximate surface area is 189 Å². The van der Waals surface area contributed by atoms with E-state index in [1.54, 1.807) is 24.3 Å². The molecule has 0 aromatic heterocycles. The van der Waals surface area contributed by atoms with Gasteiger partial charge in [-0.2, -0.15) is 0 Å². The Morgan fingerprint density at radius 3 is 2.32 bits per heavy atom. The van der Waals surface area contributed by atoms with Gasteiger partial charge in [0.25, 0.3) is 0 Å². The van der Waals surface area contributed by atoms with Gasteiger partial charge in [-0.1, -0.05) is 54.1 Å². The summed E-state index contributed by atoms with van der Waals surface area (Å²) in [5.41, 5.74) is 2.64. The monoisotopic (exact) mass is 479 g/mol. The molecular formula is C25H22BrNO4. The number of ether oxygens (including phenoxy) is 1. The van der Waals surface area contributed by atoms with E-state index in [0.29, 0.717) is 23.5 Å². The molecule has 0 heterocycles. The third kappa shape index (κ3) is 6.83. The first-order valence-electron chi connectivity index (χ1n) is 9.73. The van der Waals surface area contributed by atoms with Crippen LogP contribution in [0.2, 0.25) is 0 Å². The second-order valence-corrected chi connectivity index (χ2v) is 7.85. The third-order valence-corrected chi connectivity index (χ3v) is 5.18. The van der Waals surface area contributed by atoms with Crippen molar-refractivity contribution in [2.24, 2.45) is 0 Å². The molecule has 0 aliphatic rings. The zero-order valence-electron chi connectivity index (χ0n) is 17.0. The number of carboxylic acids is 1. The zero-order valence-corrected chi connectivity index (χ0v) is 18.6. The van der Waals surface area contributed by atoms with Crippen LogP contribution in [0.5, 0.6) is 11.5 Å². The molecule has 0 aliphatic carbocycles. The molecule has 3 rings (SSSR count). The van der Waals surface area contributed by atoms with Crippen molar-refractivity contribution in [2.75, 3.05) is 0 Å². The molecule has 1 amide bonds. The molecule has 158 valence electrons. The zero-order chi connectivity index (χ0) is 22.2. The molecule has 0 bridgehead atoms. The van der Waals surface area contributed by atoms with Crippen molar-refractivity contribution in [3.8, 4) is 11.5 Å². The van der Waals surface area contributed by atoms with E-state index in [4.69, 9.17) is 4.74 Å². The van der Waals surface area contributed by atoms with Crippen LogP contribution in [0.3, 0.4) is 0 Å². The number of carbonyl (C=O) groups is 2. The maximum absolute atomic E-state index is 12.2. The van der Waals surface area contributed by atoms with Crippen LogP contribution in [0, 0.1) is 6.92 Å². The predicted molar refractivity (Wildman–Crippen MR) is 124 cm³/mol. The number of nitrogens with one attached hydrogen (secondary N) is 1. The van der Waals surface area contributed by atoms with E-state index in [-0.39, 0.29) is 18.0 Å². The molecule has 0 radical (unpaired) electrons. The number of para-hydroxylation sites is 1. The second-order valence-electron chi connectivity index (χ2n) is 7.00. The molecule has 0 fully saturated rings. The topological polar surface area (TPSA) is 75.6 Å². The molecular weight excluding hydrogens is 458 g/mol. The molecule has 3 aromatic carbocycles. The average Bonchev–Trinajstić information content (AvgIpc) is 2.75. The second kappa shape index (κ2) is 10.6. The van der Waals surface area contributed by atoms with Gasteiger partial charge in [-0.05, 0) is 70.7 Å². The molecule has 0 saturated carbocycles. The summed E-state index contributed by atoms with van der Waals surface area (Å²) in [5.74, 6) is -0.249. The highest BCUT2D eigenvalue weighted by atomic mass is 79.9. The number of benzene rings is 3. The number of hydrogen-bond acceptors (Lipinski definition) is 3. The van der Waals surface area contributed by atoms with Crippen molar-refractivity contribution >= 4 is 33.9 Å². The summed E-state index contributed by atoms with van der Waals surface area (Å²) in [5, 5.41) is 12.0. The molecule has 2 N–H and O–H groups in total. The van der Waals surface area contributed by atoms with Crippen LogP contribution in [0.25, 0.3) is 6.08 Å². The highest BCUT2D eigenvalue weighted by Gasteiger charge is 2.12. The summed E-state index contributed by atoms with van der Waals surface area (Å²) in [4.78, 5) is 23.8. The fourth-order valence-corrected chi connectivity index (χ4v) is 3.20. The first-order chi connectivity index (χ1) is 14.9. The largest absolute Gasteiger partial charge is 0.477 e. The van der Waals surface area contributed by atoms with Crippen LogP contribution in [-0.2, 0) is 16.0 Å². The normalized spacial score (nSPS) is 11.1. The van der Waals surface area contributed by atoms with Crippen molar-refractivity contribution in [1.29, 1.82) is 0 Å². The van der Waals surface area contributed by atoms with Crippen molar-refractivity contribution < 1.29 is 19.4 Å². The minimum Gasteiger partial charge on any atom is -0.477 e. The Morgan fingerprint density at radius 2 is 1.68 bits per heavy atom. The number of halogens is 1. The van der Waals surface area contributed by atoms with Crippen molar-refractivity contribution in [3.05, 3.63) is 99.7 Å². The molecule has 31 heavy (non-hydrogen) atoms. The number of carbonyl (C=O) groups excluding carboxylic acids is 1. The van der Waals surface area contributed by atoms with Crippen LogP contribution in [-0.4, -0.2) is 17.0 Å². The van der Waals surface area contributed by atoms with E-state index < -0.39 is 5.97 Å². The lowest BCUT2D eigenvalue weighted by Gasteiger charge is -2.09. The van der Waals surface area contributed by atoms with E-state index in [1.165, 1.54) is 6.08 Å². The van der Waals surface area contributed by atoms with E-state index in [9.17, 15) is 14.7 Å². The van der Waals surface area contributed by atoms with Crippen molar-refractivity contribution in [2.45, 2.75) is 19.8 Å². The van der Waals surface area contributed by atoms with Crippen molar-refractivity contribution in [1.82, 2.24) is 5.32 Å². The van der Waals surface area contributed by atoms with Gasteiger partial charge in [-0.3, -0.25) is 4.79 Å². The van der Waals surface area contributed by atoms with E-state index in [1.807, 2.05) is 55.5 Å².